The number of halogens is 1. The maximum absolute atomic E-state index is 9.51. The minimum Gasteiger partial charge on any atom is -0.389 e. The molecule has 0 fully saturated rings. The van der Waals surface area contributed by atoms with E-state index >= 15 is 0 Å². The van der Waals surface area contributed by atoms with Crippen molar-refractivity contribution in [1.29, 1.82) is 0 Å². The van der Waals surface area contributed by atoms with Gasteiger partial charge in [0.25, 0.3) is 0 Å². The Morgan fingerprint density at radius 1 is 1.47 bits per heavy atom. The molecule has 1 aromatic rings. The van der Waals surface area contributed by atoms with Gasteiger partial charge >= 0.3 is 0 Å². The van der Waals surface area contributed by atoms with E-state index in [1.54, 1.807) is 6.92 Å². The number of aliphatic hydroxyl groups excluding tert-OH is 1. The van der Waals surface area contributed by atoms with Crippen LogP contribution in [0.15, 0.2) is 18.2 Å². The second-order valence-electron chi connectivity index (χ2n) is 4.15. The fourth-order valence-electron chi connectivity index (χ4n) is 1.67. The number of hydrogen-bond donors (Lipinski definition) is 1. The van der Waals surface area contributed by atoms with Crippen LogP contribution in [0, 0.1) is 0 Å². The van der Waals surface area contributed by atoms with Crippen LogP contribution in [0.1, 0.15) is 25.0 Å². The molecule has 0 spiro atoms. The maximum atomic E-state index is 9.51. The summed E-state index contributed by atoms with van der Waals surface area (Å²) in [5, 5.41) is 10.1. The zero-order valence-electron chi connectivity index (χ0n) is 10.6. The molecule has 0 heterocycles. The van der Waals surface area contributed by atoms with Gasteiger partial charge in [-0.25, -0.2) is 0 Å². The summed E-state index contributed by atoms with van der Waals surface area (Å²) in [4.78, 5) is 2.19. The van der Waals surface area contributed by atoms with E-state index in [0.717, 1.165) is 24.2 Å². The summed E-state index contributed by atoms with van der Waals surface area (Å²) in [6, 6.07) is 5.82. The summed E-state index contributed by atoms with van der Waals surface area (Å²) >= 11 is 8.00. The van der Waals surface area contributed by atoms with Crippen molar-refractivity contribution in [1.82, 2.24) is 0 Å². The molecule has 2 nitrogen and oxygen atoms in total. The molecular weight excluding hydrogens is 254 g/mol. The number of rotatable bonds is 6. The van der Waals surface area contributed by atoms with Crippen LogP contribution in [-0.4, -0.2) is 30.7 Å². The van der Waals surface area contributed by atoms with Crippen molar-refractivity contribution in [3.63, 3.8) is 0 Å². The van der Waals surface area contributed by atoms with Crippen molar-refractivity contribution in [3.8, 4) is 0 Å². The summed E-state index contributed by atoms with van der Waals surface area (Å²) in [5.41, 5.74) is 1.88. The van der Waals surface area contributed by atoms with Gasteiger partial charge in [-0.15, -0.1) is 0 Å². The minimum atomic E-state index is -0.515. The van der Waals surface area contributed by atoms with E-state index < -0.39 is 6.10 Å². The van der Waals surface area contributed by atoms with E-state index in [1.165, 1.54) is 5.75 Å². The average molecular weight is 274 g/mol. The molecular formula is C13H20ClNOS. The topological polar surface area (TPSA) is 23.5 Å². The standard InChI is InChI=1S/C13H20ClNOS/c1-10(16)12-6-5-11(9-13(12)14)15(2)7-4-8-17-3/h5-6,9-10,16H,4,7-8H2,1-3H3. The number of benzene rings is 1. The average Bonchev–Trinajstić information content (AvgIpc) is 2.28. The third-order valence-electron chi connectivity index (χ3n) is 2.72. The number of anilines is 1. The lowest BCUT2D eigenvalue weighted by Crippen LogP contribution is -2.19. The Morgan fingerprint density at radius 3 is 2.71 bits per heavy atom. The van der Waals surface area contributed by atoms with Crippen molar-refractivity contribution in [2.24, 2.45) is 0 Å². The van der Waals surface area contributed by atoms with Gasteiger partial charge in [0.05, 0.1) is 6.10 Å². The molecule has 0 bridgehead atoms. The third-order valence-corrected chi connectivity index (χ3v) is 3.74. The molecule has 0 aliphatic rings. The normalized spacial score (nSPS) is 12.5. The van der Waals surface area contributed by atoms with E-state index in [0.29, 0.717) is 5.02 Å². The monoisotopic (exact) mass is 273 g/mol. The highest BCUT2D eigenvalue weighted by atomic mass is 35.5. The van der Waals surface area contributed by atoms with Crippen LogP contribution >= 0.6 is 23.4 Å². The summed E-state index contributed by atoms with van der Waals surface area (Å²) in [7, 11) is 2.06. The molecule has 1 N–H and O–H groups in total. The largest absolute Gasteiger partial charge is 0.389 e. The van der Waals surface area contributed by atoms with Gasteiger partial charge in [0.1, 0.15) is 0 Å². The highest BCUT2D eigenvalue weighted by Crippen LogP contribution is 2.27. The maximum Gasteiger partial charge on any atom is 0.0776 e. The van der Waals surface area contributed by atoms with Gasteiger partial charge in [0.15, 0.2) is 0 Å². The van der Waals surface area contributed by atoms with E-state index in [1.807, 2.05) is 30.0 Å². The van der Waals surface area contributed by atoms with Crippen molar-refractivity contribution in [3.05, 3.63) is 28.8 Å². The number of aliphatic hydroxyl groups is 1. The van der Waals surface area contributed by atoms with Gasteiger partial charge in [-0.05, 0) is 43.0 Å². The zero-order valence-corrected chi connectivity index (χ0v) is 12.2. The van der Waals surface area contributed by atoms with Crippen LogP contribution in [-0.2, 0) is 0 Å². The molecule has 0 aliphatic carbocycles. The first kappa shape index (κ1) is 14.7. The van der Waals surface area contributed by atoms with E-state index in [-0.39, 0.29) is 0 Å². The van der Waals surface area contributed by atoms with Crippen LogP contribution in [0.25, 0.3) is 0 Å². The Bertz CT molecular complexity index is 357. The second-order valence-corrected chi connectivity index (χ2v) is 5.54. The molecule has 17 heavy (non-hydrogen) atoms. The molecule has 1 rings (SSSR count). The first-order chi connectivity index (χ1) is 8.06. The van der Waals surface area contributed by atoms with Gasteiger partial charge in [-0.1, -0.05) is 17.7 Å². The van der Waals surface area contributed by atoms with Crippen molar-refractivity contribution >= 4 is 29.1 Å². The lowest BCUT2D eigenvalue weighted by atomic mass is 10.1. The lowest BCUT2D eigenvalue weighted by molar-refractivity contribution is 0.199. The molecule has 1 aromatic carbocycles. The molecule has 4 heteroatoms. The first-order valence-electron chi connectivity index (χ1n) is 5.74. The zero-order chi connectivity index (χ0) is 12.8. The molecule has 0 aliphatic heterocycles. The number of nitrogens with zero attached hydrogens (tertiary/aromatic N) is 1. The summed E-state index contributed by atoms with van der Waals surface area (Å²) < 4.78 is 0. The molecule has 1 atom stereocenters. The Labute approximate surface area is 113 Å². The second kappa shape index (κ2) is 7.14. The predicted octanol–water partition coefficient (Wildman–Crippen LogP) is 3.58. The van der Waals surface area contributed by atoms with Crippen LogP contribution in [0.2, 0.25) is 5.02 Å². The fraction of sp³-hybridized carbons (Fsp3) is 0.538. The van der Waals surface area contributed by atoms with Crippen LogP contribution in [0.4, 0.5) is 5.69 Å². The van der Waals surface area contributed by atoms with Crippen LogP contribution in [0.3, 0.4) is 0 Å². The fourth-order valence-corrected chi connectivity index (χ4v) is 2.42. The molecule has 0 aromatic heterocycles. The summed E-state index contributed by atoms with van der Waals surface area (Å²) in [6.45, 7) is 2.74. The van der Waals surface area contributed by atoms with Gasteiger partial charge < -0.3 is 10.0 Å². The van der Waals surface area contributed by atoms with Crippen molar-refractivity contribution in [2.45, 2.75) is 19.4 Å². The summed E-state index contributed by atoms with van der Waals surface area (Å²) in [6.07, 6.45) is 2.76. The molecule has 0 saturated heterocycles. The summed E-state index contributed by atoms with van der Waals surface area (Å²) in [5.74, 6) is 1.17. The van der Waals surface area contributed by atoms with Crippen molar-refractivity contribution in [2.75, 3.05) is 30.5 Å². The van der Waals surface area contributed by atoms with Crippen molar-refractivity contribution < 1.29 is 5.11 Å². The van der Waals surface area contributed by atoms with Gasteiger partial charge in [-0.2, -0.15) is 11.8 Å². The van der Waals surface area contributed by atoms with E-state index in [9.17, 15) is 5.11 Å². The number of hydrogen-bond acceptors (Lipinski definition) is 3. The molecule has 0 radical (unpaired) electrons. The minimum absolute atomic E-state index is 0.515. The van der Waals surface area contributed by atoms with Gasteiger partial charge in [0.2, 0.25) is 0 Å². The third kappa shape index (κ3) is 4.41. The molecule has 0 amide bonds. The Hall–Kier alpha value is -0.380. The van der Waals surface area contributed by atoms with E-state index in [4.69, 9.17) is 11.6 Å². The first-order valence-corrected chi connectivity index (χ1v) is 7.51. The number of thioether (sulfide) groups is 1. The Morgan fingerprint density at radius 2 is 2.18 bits per heavy atom. The van der Waals surface area contributed by atoms with Crippen LogP contribution in [0.5, 0.6) is 0 Å². The van der Waals surface area contributed by atoms with Crippen LogP contribution < -0.4 is 4.90 Å². The molecule has 1 unspecified atom stereocenters. The molecule has 0 saturated carbocycles. The Balaban J connectivity index is 2.69. The smallest absolute Gasteiger partial charge is 0.0776 e. The van der Waals surface area contributed by atoms with Gasteiger partial charge in [0, 0.05) is 24.3 Å². The predicted molar refractivity (Wildman–Crippen MR) is 78.4 cm³/mol. The lowest BCUT2D eigenvalue weighted by Gasteiger charge is -2.20. The quantitative estimate of drug-likeness (QED) is 0.802. The molecule has 96 valence electrons. The Kier molecular flexibility index (Phi) is 6.17. The highest BCUT2D eigenvalue weighted by Gasteiger charge is 2.08. The SMILES string of the molecule is CSCCCN(C)c1ccc(C(C)O)c(Cl)c1. The highest BCUT2D eigenvalue weighted by molar-refractivity contribution is 7.98. The van der Waals surface area contributed by atoms with Gasteiger partial charge in [-0.3, -0.25) is 0 Å². The van der Waals surface area contributed by atoms with E-state index in [2.05, 4.69) is 18.2 Å².